The molecule has 0 saturated heterocycles. The molecule has 2 heterocycles. The number of methoxy groups -OCH3 is 2. The van der Waals surface area contributed by atoms with Crippen molar-refractivity contribution in [3.05, 3.63) is 75.5 Å². The molecule has 2 amide bonds. The van der Waals surface area contributed by atoms with Crippen LogP contribution in [0.15, 0.2) is 53.9 Å². The molecule has 196 valence electrons. The highest BCUT2D eigenvalue weighted by Gasteiger charge is 2.44. The smallest absolute Gasteiger partial charge is 0.254 e. The largest absolute Gasteiger partial charge is 0.493 e. The Bertz CT molecular complexity index is 1240. The predicted molar refractivity (Wildman–Crippen MR) is 148 cm³/mol. The Morgan fingerprint density at radius 1 is 1.11 bits per heavy atom. The van der Waals surface area contributed by atoms with Crippen molar-refractivity contribution < 1.29 is 19.1 Å². The molecule has 1 aliphatic rings. The highest BCUT2D eigenvalue weighted by Crippen LogP contribution is 2.46. The zero-order chi connectivity index (χ0) is 26.5. The molecule has 1 N–H and O–H groups in total. The standard InChI is InChI=1S/C29H35N3O4S/c1-6-32(20-11-7-10-19(2)16-20)14-9-13-30-28(33)26-21-17-23(35-4)24(36-5)18-22(21)29(34)31(3)27(26)25-12-8-15-37-25/h7-8,10-12,15-18,26-27H,6,9,13-14H2,1-5H3,(H,30,33)/t26-,27+/m0/s1. The van der Waals surface area contributed by atoms with Gasteiger partial charge < -0.3 is 24.6 Å². The number of nitrogens with zero attached hydrogens (tertiary/aromatic N) is 2. The molecule has 2 aromatic carbocycles. The zero-order valence-corrected chi connectivity index (χ0v) is 22.9. The van der Waals surface area contributed by atoms with Gasteiger partial charge in [-0.2, -0.15) is 0 Å². The van der Waals surface area contributed by atoms with Crippen molar-refractivity contribution in [1.29, 1.82) is 0 Å². The molecular weight excluding hydrogens is 486 g/mol. The Labute approximate surface area is 223 Å². The predicted octanol–water partition coefficient (Wildman–Crippen LogP) is 5.02. The van der Waals surface area contributed by atoms with Gasteiger partial charge in [-0.1, -0.05) is 18.2 Å². The van der Waals surface area contributed by atoms with E-state index in [2.05, 4.69) is 48.3 Å². The van der Waals surface area contributed by atoms with Gasteiger partial charge in [0.05, 0.1) is 26.2 Å². The Hall–Kier alpha value is -3.52. The third kappa shape index (κ3) is 5.44. The quantitative estimate of drug-likeness (QED) is 0.380. The number of benzene rings is 2. The molecule has 0 saturated carbocycles. The summed E-state index contributed by atoms with van der Waals surface area (Å²) in [5.74, 6) is 0.140. The Morgan fingerprint density at radius 3 is 2.51 bits per heavy atom. The van der Waals surface area contributed by atoms with Gasteiger partial charge in [-0.25, -0.2) is 0 Å². The summed E-state index contributed by atoms with van der Waals surface area (Å²) < 4.78 is 11.0. The first kappa shape index (κ1) is 26.5. The summed E-state index contributed by atoms with van der Waals surface area (Å²) in [6, 6.07) is 15.4. The fraction of sp³-hybridized carbons (Fsp3) is 0.379. The van der Waals surface area contributed by atoms with Gasteiger partial charge in [-0.05, 0) is 67.1 Å². The molecule has 0 spiro atoms. The van der Waals surface area contributed by atoms with Crippen LogP contribution >= 0.6 is 11.3 Å². The normalized spacial score (nSPS) is 16.8. The van der Waals surface area contributed by atoms with Crippen LogP contribution < -0.4 is 19.7 Å². The van der Waals surface area contributed by atoms with E-state index in [1.807, 2.05) is 17.5 Å². The van der Waals surface area contributed by atoms with Gasteiger partial charge in [0.1, 0.15) is 0 Å². The van der Waals surface area contributed by atoms with Crippen LogP contribution in [0.4, 0.5) is 5.69 Å². The number of hydrogen-bond acceptors (Lipinski definition) is 6. The molecule has 1 aromatic heterocycles. The molecule has 3 aromatic rings. The van der Waals surface area contributed by atoms with Crippen LogP contribution in [-0.2, 0) is 4.79 Å². The van der Waals surface area contributed by atoms with Gasteiger partial charge in [-0.15, -0.1) is 11.3 Å². The maximum atomic E-state index is 13.8. The first-order valence-electron chi connectivity index (χ1n) is 12.5. The van der Waals surface area contributed by atoms with Gasteiger partial charge in [0.2, 0.25) is 5.91 Å². The highest BCUT2D eigenvalue weighted by atomic mass is 32.1. The van der Waals surface area contributed by atoms with Crippen molar-refractivity contribution in [1.82, 2.24) is 10.2 Å². The summed E-state index contributed by atoms with van der Waals surface area (Å²) in [7, 11) is 4.85. The number of carbonyl (C=O) groups excluding carboxylic acids is 2. The number of rotatable bonds is 10. The van der Waals surface area contributed by atoms with Crippen LogP contribution in [0.1, 0.15) is 51.7 Å². The lowest BCUT2D eigenvalue weighted by molar-refractivity contribution is -0.124. The minimum Gasteiger partial charge on any atom is -0.493 e. The Morgan fingerprint density at radius 2 is 1.86 bits per heavy atom. The van der Waals surface area contributed by atoms with Crippen LogP contribution in [0.3, 0.4) is 0 Å². The van der Waals surface area contributed by atoms with Crippen molar-refractivity contribution in [2.24, 2.45) is 0 Å². The molecule has 0 aliphatic carbocycles. The summed E-state index contributed by atoms with van der Waals surface area (Å²) in [5, 5.41) is 5.13. The van der Waals surface area contributed by atoms with Gasteiger partial charge in [-0.3, -0.25) is 9.59 Å². The number of likely N-dealkylation sites (N-methyl/N-ethyl adjacent to an activating group) is 1. The lowest BCUT2D eigenvalue weighted by Gasteiger charge is -2.39. The number of hydrogen-bond donors (Lipinski definition) is 1. The fourth-order valence-electron chi connectivity index (χ4n) is 5.03. The van der Waals surface area contributed by atoms with E-state index in [0.717, 1.165) is 24.4 Å². The van der Waals surface area contributed by atoms with E-state index in [4.69, 9.17) is 9.47 Å². The number of carbonyl (C=O) groups is 2. The zero-order valence-electron chi connectivity index (χ0n) is 22.1. The molecule has 1 aliphatic heterocycles. The number of ether oxygens (including phenoxy) is 2. The third-order valence-corrected chi connectivity index (χ3v) is 7.89. The third-order valence-electron chi connectivity index (χ3n) is 6.94. The highest BCUT2D eigenvalue weighted by molar-refractivity contribution is 7.10. The van der Waals surface area contributed by atoms with Crippen molar-refractivity contribution >= 4 is 28.8 Å². The minimum absolute atomic E-state index is 0.107. The summed E-state index contributed by atoms with van der Waals surface area (Å²) in [4.78, 5) is 32.1. The SMILES string of the molecule is CCN(CCCNC(=O)[C@H]1c2cc(OC)c(OC)cc2C(=O)N(C)[C@@H]1c1cccs1)c1cccc(C)c1. The topological polar surface area (TPSA) is 71.1 Å². The molecule has 0 radical (unpaired) electrons. The van der Waals surface area contributed by atoms with Crippen LogP contribution in [0.25, 0.3) is 0 Å². The number of thiophene rings is 1. The fourth-order valence-corrected chi connectivity index (χ4v) is 5.94. The van der Waals surface area contributed by atoms with E-state index < -0.39 is 12.0 Å². The van der Waals surface area contributed by atoms with Crippen LogP contribution in [0.5, 0.6) is 11.5 Å². The average Bonchev–Trinajstić information content (AvgIpc) is 3.44. The number of amides is 2. The van der Waals surface area contributed by atoms with Gasteiger partial charge in [0, 0.05) is 42.8 Å². The van der Waals surface area contributed by atoms with E-state index in [9.17, 15) is 9.59 Å². The Balaban J connectivity index is 1.57. The minimum atomic E-state index is -0.574. The van der Waals surface area contributed by atoms with E-state index in [-0.39, 0.29) is 11.8 Å². The lowest BCUT2D eigenvalue weighted by Crippen LogP contribution is -2.45. The number of aryl methyl sites for hydroxylation is 1. The average molecular weight is 522 g/mol. The van der Waals surface area contributed by atoms with Crippen molar-refractivity contribution in [2.75, 3.05) is 45.8 Å². The summed E-state index contributed by atoms with van der Waals surface area (Å²) in [6.45, 7) is 6.49. The van der Waals surface area contributed by atoms with Crippen LogP contribution in [0, 0.1) is 6.92 Å². The van der Waals surface area contributed by atoms with Crippen molar-refractivity contribution in [3.63, 3.8) is 0 Å². The second kappa shape index (κ2) is 11.7. The molecule has 0 unspecified atom stereocenters. The molecule has 8 heteroatoms. The molecule has 4 rings (SSSR count). The molecule has 37 heavy (non-hydrogen) atoms. The van der Waals surface area contributed by atoms with Gasteiger partial charge in [0.15, 0.2) is 11.5 Å². The van der Waals surface area contributed by atoms with E-state index in [0.29, 0.717) is 29.2 Å². The molecule has 7 nitrogen and oxygen atoms in total. The van der Waals surface area contributed by atoms with Gasteiger partial charge in [0.25, 0.3) is 5.91 Å². The maximum Gasteiger partial charge on any atom is 0.254 e. The first-order valence-corrected chi connectivity index (χ1v) is 13.4. The molecule has 2 atom stereocenters. The van der Waals surface area contributed by atoms with E-state index >= 15 is 0 Å². The van der Waals surface area contributed by atoms with Crippen LogP contribution in [-0.4, -0.2) is 57.6 Å². The summed E-state index contributed by atoms with van der Waals surface area (Å²) in [6.07, 6.45) is 0.803. The Kier molecular flexibility index (Phi) is 8.38. The maximum absolute atomic E-state index is 13.8. The first-order chi connectivity index (χ1) is 17.9. The molecular formula is C29H35N3O4S. The summed E-state index contributed by atoms with van der Waals surface area (Å²) in [5.41, 5.74) is 3.54. The van der Waals surface area contributed by atoms with Crippen molar-refractivity contribution in [2.45, 2.75) is 32.2 Å². The van der Waals surface area contributed by atoms with E-state index in [1.54, 1.807) is 42.5 Å². The van der Waals surface area contributed by atoms with Crippen LogP contribution in [0.2, 0.25) is 0 Å². The summed E-state index contributed by atoms with van der Waals surface area (Å²) >= 11 is 1.55. The second-order valence-corrected chi connectivity index (χ2v) is 10.2. The molecule has 0 fully saturated rings. The monoisotopic (exact) mass is 521 g/mol. The second-order valence-electron chi connectivity index (χ2n) is 9.21. The van der Waals surface area contributed by atoms with Crippen molar-refractivity contribution in [3.8, 4) is 11.5 Å². The van der Waals surface area contributed by atoms with Gasteiger partial charge >= 0.3 is 0 Å². The number of anilines is 1. The molecule has 0 bridgehead atoms. The van der Waals surface area contributed by atoms with E-state index in [1.165, 1.54) is 18.4 Å². The lowest BCUT2D eigenvalue weighted by atomic mass is 9.81. The number of fused-ring (bicyclic) bond motifs is 1. The number of nitrogens with one attached hydrogen (secondary N) is 1.